The molecule has 0 bridgehead atoms. The molecule has 0 amide bonds. The van der Waals surface area contributed by atoms with E-state index in [2.05, 4.69) is 23.8 Å². The molecule has 0 N–H and O–H groups in total. The van der Waals surface area contributed by atoms with Crippen molar-refractivity contribution in [2.75, 3.05) is 13.7 Å². The van der Waals surface area contributed by atoms with Gasteiger partial charge in [-0.15, -0.1) is 11.3 Å². The van der Waals surface area contributed by atoms with Crippen LogP contribution in [0.25, 0.3) is 21.5 Å². The van der Waals surface area contributed by atoms with Gasteiger partial charge in [-0.1, -0.05) is 38.3 Å². The second-order valence-electron chi connectivity index (χ2n) is 7.92. The summed E-state index contributed by atoms with van der Waals surface area (Å²) in [5.74, 6) is 1.25. The van der Waals surface area contributed by atoms with Crippen LogP contribution in [0.3, 0.4) is 0 Å². The first-order valence-electron chi connectivity index (χ1n) is 11.0. The van der Waals surface area contributed by atoms with Gasteiger partial charge >= 0.3 is 5.97 Å². The molecule has 0 radical (unpaired) electrons. The second-order valence-corrected chi connectivity index (χ2v) is 9.00. The second kappa shape index (κ2) is 9.21. The van der Waals surface area contributed by atoms with E-state index in [-0.39, 0.29) is 5.97 Å². The highest BCUT2D eigenvalue weighted by Crippen LogP contribution is 2.39. The van der Waals surface area contributed by atoms with Crippen molar-refractivity contribution in [3.63, 3.8) is 0 Å². The minimum absolute atomic E-state index is 0.333. The topological polar surface area (TPSA) is 53.3 Å². The molecule has 1 aromatic carbocycles. The molecular weight excluding hydrogens is 396 g/mol. The zero-order chi connectivity index (χ0) is 21.1. The molecule has 1 saturated carbocycles. The standard InChI is InChI=1S/C24H30N2O3S/c1-4-20-21(24(27)29-5-2)25-23(30-20)18-15-26(14-16-10-7-6-8-11-16)22-17(18)12-9-13-19(22)28-3/h9,12-13,15-16H,4-8,10-11,14H2,1-3H3. The van der Waals surface area contributed by atoms with Gasteiger partial charge in [-0.25, -0.2) is 9.78 Å². The number of carbonyl (C=O) groups is 1. The number of hydrogen-bond donors (Lipinski definition) is 0. The number of benzene rings is 1. The quantitative estimate of drug-likeness (QED) is 0.429. The van der Waals surface area contributed by atoms with Crippen LogP contribution in [-0.2, 0) is 17.7 Å². The number of rotatable bonds is 7. The van der Waals surface area contributed by atoms with Crippen LogP contribution in [0, 0.1) is 5.92 Å². The third-order valence-electron chi connectivity index (χ3n) is 5.98. The molecule has 2 heterocycles. The van der Waals surface area contributed by atoms with Gasteiger partial charge in [-0.05, 0) is 38.2 Å². The number of para-hydroxylation sites is 1. The summed E-state index contributed by atoms with van der Waals surface area (Å²) < 4.78 is 13.3. The van der Waals surface area contributed by atoms with Gasteiger partial charge in [0.15, 0.2) is 5.69 Å². The maximum absolute atomic E-state index is 12.4. The van der Waals surface area contributed by atoms with Gasteiger partial charge in [0.1, 0.15) is 10.8 Å². The molecule has 1 fully saturated rings. The maximum Gasteiger partial charge on any atom is 0.358 e. The van der Waals surface area contributed by atoms with Crippen molar-refractivity contribution in [1.29, 1.82) is 0 Å². The van der Waals surface area contributed by atoms with Crippen LogP contribution in [0.15, 0.2) is 24.4 Å². The van der Waals surface area contributed by atoms with Crippen LogP contribution in [0.5, 0.6) is 5.75 Å². The van der Waals surface area contributed by atoms with Crippen LogP contribution >= 0.6 is 11.3 Å². The Kier molecular flexibility index (Phi) is 6.42. The zero-order valence-electron chi connectivity index (χ0n) is 18.1. The Morgan fingerprint density at radius 2 is 2.03 bits per heavy atom. The van der Waals surface area contributed by atoms with E-state index in [1.807, 2.05) is 19.1 Å². The lowest BCUT2D eigenvalue weighted by Gasteiger charge is -2.22. The third kappa shape index (κ3) is 3.97. The molecule has 0 spiro atoms. The van der Waals surface area contributed by atoms with E-state index in [4.69, 9.17) is 14.5 Å². The molecule has 0 aliphatic heterocycles. The fourth-order valence-electron chi connectivity index (χ4n) is 4.52. The Bertz CT molecular complexity index is 1030. The minimum atomic E-state index is -0.333. The fourth-order valence-corrected chi connectivity index (χ4v) is 5.53. The lowest BCUT2D eigenvalue weighted by Crippen LogP contribution is -2.13. The van der Waals surface area contributed by atoms with E-state index in [0.29, 0.717) is 18.2 Å². The predicted octanol–water partition coefficient (Wildman–Crippen LogP) is 6.09. The molecule has 160 valence electrons. The van der Waals surface area contributed by atoms with E-state index in [1.165, 1.54) is 32.1 Å². The van der Waals surface area contributed by atoms with Gasteiger partial charge in [0, 0.05) is 28.6 Å². The SMILES string of the molecule is CCOC(=O)c1nc(-c2cn(CC3CCCCC3)c3c(OC)cccc23)sc1CC. The summed E-state index contributed by atoms with van der Waals surface area (Å²) in [6.07, 6.45) is 9.53. The number of carbonyl (C=O) groups excluding carboxylic acids is 1. The van der Waals surface area contributed by atoms with Crippen molar-refractivity contribution in [1.82, 2.24) is 9.55 Å². The number of nitrogens with zero attached hydrogens (tertiary/aromatic N) is 2. The van der Waals surface area contributed by atoms with E-state index < -0.39 is 0 Å². The van der Waals surface area contributed by atoms with Crippen LogP contribution < -0.4 is 4.74 Å². The van der Waals surface area contributed by atoms with Gasteiger partial charge in [-0.3, -0.25) is 0 Å². The molecular formula is C24H30N2O3S. The van der Waals surface area contributed by atoms with Gasteiger partial charge in [0.2, 0.25) is 0 Å². The average Bonchev–Trinajstić information content (AvgIpc) is 3.36. The molecule has 0 saturated heterocycles. The summed E-state index contributed by atoms with van der Waals surface area (Å²) in [6.45, 7) is 5.22. The van der Waals surface area contributed by atoms with Crippen molar-refractivity contribution in [2.45, 2.75) is 58.9 Å². The zero-order valence-corrected chi connectivity index (χ0v) is 18.9. The molecule has 4 rings (SSSR count). The maximum atomic E-state index is 12.4. The number of fused-ring (bicyclic) bond motifs is 1. The Hall–Kier alpha value is -2.34. The molecule has 1 aliphatic rings. The van der Waals surface area contributed by atoms with Crippen molar-refractivity contribution < 1.29 is 14.3 Å². The summed E-state index contributed by atoms with van der Waals surface area (Å²) in [7, 11) is 1.73. The van der Waals surface area contributed by atoms with Gasteiger partial charge in [0.25, 0.3) is 0 Å². The van der Waals surface area contributed by atoms with Crippen LogP contribution in [0.4, 0.5) is 0 Å². The molecule has 30 heavy (non-hydrogen) atoms. The summed E-state index contributed by atoms with van der Waals surface area (Å²) in [6, 6.07) is 6.17. The van der Waals surface area contributed by atoms with Crippen LogP contribution in [0.2, 0.25) is 0 Å². The lowest BCUT2D eigenvalue weighted by molar-refractivity contribution is 0.0519. The molecule has 5 nitrogen and oxygen atoms in total. The van der Waals surface area contributed by atoms with Crippen LogP contribution in [-0.4, -0.2) is 29.2 Å². The smallest absolute Gasteiger partial charge is 0.358 e. The molecule has 6 heteroatoms. The first kappa shape index (κ1) is 20.9. The Balaban J connectivity index is 1.80. The summed E-state index contributed by atoms with van der Waals surface area (Å²) in [4.78, 5) is 18.1. The number of esters is 1. The van der Waals surface area contributed by atoms with E-state index in [0.717, 1.165) is 45.1 Å². The third-order valence-corrected chi connectivity index (χ3v) is 7.21. The van der Waals surface area contributed by atoms with E-state index in [1.54, 1.807) is 18.4 Å². The molecule has 2 aromatic heterocycles. The number of ether oxygens (including phenoxy) is 2. The number of aryl methyl sites for hydroxylation is 1. The summed E-state index contributed by atoms with van der Waals surface area (Å²) in [5, 5.41) is 1.99. The Labute approximate surface area is 182 Å². The first-order valence-corrected chi connectivity index (χ1v) is 11.8. The van der Waals surface area contributed by atoms with E-state index >= 15 is 0 Å². The molecule has 0 unspecified atom stereocenters. The highest BCUT2D eigenvalue weighted by Gasteiger charge is 2.23. The average molecular weight is 427 g/mol. The minimum Gasteiger partial charge on any atom is -0.495 e. The normalized spacial score (nSPS) is 14.9. The van der Waals surface area contributed by atoms with Crippen molar-refractivity contribution in [3.8, 4) is 16.3 Å². The van der Waals surface area contributed by atoms with Gasteiger partial charge < -0.3 is 14.0 Å². The lowest BCUT2D eigenvalue weighted by atomic mass is 9.89. The molecule has 1 aliphatic carbocycles. The summed E-state index contributed by atoms with van der Waals surface area (Å²) >= 11 is 1.59. The molecule has 3 aromatic rings. The predicted molar refractivity (Wildman–Crippen MR) is 122 cm³/mol. The highest BCUT2D eigenvalue weighted by atomic mass is 32.1. The number of methoxy groups -OCH3 is 1. The number of hydrogen-bond acceptors (Lipinski definition) is 5. The number of thiazole rings is 1. The fraction of sp³-hybridized carbons (Fsp3) is 0.500. The first-order chi connectivity index (χ1) is 14.7. The highest BCUT2D eigenvalue weighted by molar-refractivity contribution is 7.15. The monoisotopic (exact) mass is 426 g/mol. The summed E-state index contributed by atoms with van der Waals surface area (Å²) in [5.41, 5.74) is 2.64. The largest absolute Gasteiger partial charge is 0.495 e. The Morgan fingerprint density at radius 1 is 1.23 bits per heavy atom. The van der Waals surface area contributed by atoms with Crippen molar-refractivity contribution >= 4 is 28.2 Å². The van der Waals surface area contributed by atoms with E-state index in [9.17, 15) is 4.79 Å². The Morgan fingerprint density at radius 3 is 2.73 bits per heavy atom. The van der Waals surface area contributed by atoms with Crippen molar-refractivity contribution in [3.05, 3.63) is 35.0 Å². The van der Waals surface area contributed by atoms with Gasteiger partial charge in [0.05, 0.1) is 19.2 Å². The van der Waals surface area contributed by atoms with Gasteiger partial charge in [-0.2, -0.15) is 0 Å². The van der Waals surface area contributed by atoms with Crippen molar-refractivity contribution in [2.24, 2.45) is 5.92 Å². The number of aromatic nitrogens is 2. The molecule has 0 atom stereocenters. The van der Waals surface area contributed by atoms with Crippen LogP contribution in [0.1, 0.15) is 61.3 Å².